The standard InChI is InChI=1S/C20H24N2O5S/c1-20(2,3)27-19(25)22-11-13(10-15(22)18(23)24)12-26-17-8-4-6-14(21-17)16-7-5-9-28-16/h4-9,13,15H,10-12H2,1-3H3,(H,23,24)/t13-,15+/m1/s1. The fourth-order valence-electron chi connectivity index (χ4n) is 3.06. The number of carboxylic acids is 1. The van der Waals surface area contributed by atoms with E-state index in [1.54, 1.807) is 38.2 Å². The van der Waals surface area contributed by atoms with E-state index in [4.69, 9.17) is 9.47 Å². The zero-order valence-corrected chi connectivity index (χ0v) is 16.9. The Hall–Kier alpha value is -2.61. The molecule has 0 spiro atoms. The molecular formula is C20H24N2O5S. The quantitative estimate of drug-likeness (QED) is 0.813. The van der Waals surface area contributed by atoms with Crippen LogP contribution in [0.2, 0.25) is 0 Å². The summed E-state index contributed by atoms with van der Waals surface area (Å²) in [5.74, 6) is -0.666. The summed E-state index contributed by atoms with van der Waals surface area (Å²) < 4.78 is 11.1. The molecule has 150 valence electrons. The second kappa shape index (κ2) is 8.18. The van der Waals surface area contributed by atoms with Gasteiger partial charge in [0, 0.05) is 18.5 Å². The van der Waals surface area contributed by atoms with E-state index in [0.29, 0.717) is 12.3 Å². The van der Waals surface area contributed by atoms with E-state index in [-0.39, 0.29) is 19.1 Å². The minimum absolute atomic E-state index is 0.110. The summed E-state index contributed by atoms with van der Waals surface area (Å²) in [7, 11) is 0. The van der Waals surface area contributed by atoms with Crippen molar-refractivity contribution in [3.63, 3.8) is 0 Å². The number of aromatic nitrogens is 1. The number of rotatable bonds is 5. The van der Waals surface area contributed by atoms with Gasteiger partial charge in [-0.3, -0.25) is 4.90 Å². The second-order valence-corrected chi connectivity index (χ2v) is 8.69. The highest BCUT2D eigenvalue weighted by molar-refractivity contribution is 7.13. The predicted molar refractivity (Wildman–Crippen MR) is 106 cm³/mol. The molecule has 28 heavy (non-hydrogen) atoms. The van der Waals surface area contributed by atoms with Gasteiger partial charge in [0.15, 0.2) is 0 Å². The van der Waals surface area contributed by atoms with E-state index >= 15 is 0 Å². The Morgan fingerprint density at radius 1 is 1.29 bits per heavy atom. The van der Waals surface area contributed by atoms with E-state index in [0.717, 1.165) is 10.6 Å². The van der Waals surface area contributed by atoms with E-state index in [1.165, 1.54) is 4.90 Å². The normalized spacial score (nSPS) is 19.5. The minimum Gasteiger partial charge on any atom is -0.480 e. The lowest BCUT2D eigenvalue weighted by Gasteiger charge is -2.26. The number of aliphatic carboxylic acids is 1. The molecule has 1 N–H and O–H groups in total. The molecule has 0 bridgehead atoms. The van der Waals surface area contributed by atoms with Gasteiger partial charge in [-0.15, -0.1) is 11.3 Å². The van der Waals surface area contributed by atoms with Crippen LogP contribution < -0.4 is 4.74 Å². The van der Waals surface area contributed by atoms with Crippen LogP contribution in [0, 0.1) is 5.92 Å². The number of hydrogen-bond acceptors (Lipinski definition) is 6. The molecule has 1 fully saturated rings. The first-order chi connectivity index (χ1) is 13.2. The van der Waals surface area contributed by atoms with E-state index in [1.807, 2.05) is 29.6 Å². The molecule has 3 heterocycles. The van der Waals surface area contributed by atoms with E-state index in [2.05, 4.69) is 4.98 Å². The Kier molecular flexibility index (Phi) is 5.88. The molecule has 0 radical (unpaired) electrons. The lowest BCUT2D eigenvalue weighted by Crippen LogP contribution is -2.43. The van der Waals surface area contributed by atoms with Crippen molar-refractivity contribution in [2.75, 3.05) is 13.2 Å². The maximum absolute atomic E-state index is 12.4. The third-order valence-electron chi connectivity index (χ3n) is 4.26. The summed E-state index contributed by atoms with van der Waals surface area (Å²) in [6, 6.07) is 8.60. The largest absolute Gasteiger partial charge is 0.480 e. The number of nitrogens with zero attached hydrogens (tertiary/aromatic N) is 2. The Morgan fingerprint density at radius 2 is 2.07 bits per heavy atom. The molecule has 1 saturated heterocycles. The zero-order chi connectivity index (χ0) is 20.3. The molecule has 2 aromatic rings. The van der Waals surface area contributed by atoms with Crippen LogP contribution in [-0.2, 0) is 9.53 Å². The lowest BCUT2D eigenvalue weighted by molar-refractivity contribution is -0.142. The molecule has 2 aromatic heterocycles. The molecule has 0 unspecified atom stereocenters. The first kappa shape index (κ1) is 20.1. The fraction of sp³-hybridized carbons (Fsp3) is 0.450. The SMILES string of the molecule is CC(C)(C)OC(=O)N1C[C@H](COc2cccc(-c3cccs3)n2)C[C@H]1C(=O)O. The van der Waals surface area contributed by atoms with Gasteiger partial charge >= 0.3 is 12.1 Å². The van der Waals surface area contributed by atoms with Crippen molar-refractivity contribution in [3.8, 4) is 16.5 Å². The average Bonchev–Trinajstić information content (AvgIpc) is 3.29. The van der Waals surface area contributed by atoms with Crippen molar-refractivity contribution in [3.05, 3.63) is 35.7 Å². The summed E-state index contributed by atoms with van der Waals surface area (Å²) >= 11 is 1.60. The average molecular weight is 404 g/mol. The Bertz CT molecular complexity index is 831. The van der Waals surface area contributed by atoms with Gasteiger partial charge in [-0.2, -0.15) is 0 Å². The van der Waals surface area contributed by atoms with Gasteiger partial charge < -0.3 is 14.6 Å². The van der Waals surface area contributed by atoms with Crippen LogP contribution in [0.1, 0.15) is 27.2 Å². The Morgan fingerprint density at radius 3 is 2.71 bits per heavy atom. The molecule has 0 saturated carbocycles. The number of carbonyl (C=O) groups is 2. The van der Waals surface area contributed by atoms with Crippen molar-refractivity contribution >= 4 is 23.4 Å². The monoisotopic (exact) mass is 404 g/mol. The molecule has 1 aliphatic heterocycles. The first-order valence-electron chi connectivity index (χ1n) is 9.09. The van der Waals surface area contributed by atoms with E-state index < -0.39 is 23.7 Å². The predicted octanol–water partition coefficient (Wildman–Crippen LogP) is 3.90. The fourth-order valence-corrected chi connectivity index (χ4v) is 3.76. The highest BCUT2D eigenvalue weighted by Gasteiger charge is 2.41. The number of carboxylic acid groups (broad SMARTS) is 1. The van der Waals surface area contributed by atoms with Crippen LogP contribution in [-0.4, -0.2) is 51.8 Å². The van der Waals surface area contributed by atoms with Gasteiger partial charge in [0.1, 0.15) is 11.6 Å². The molecule has 8 heteroatoms. The maximum Gasteiger partial charge on any atom is 0.411 e. The molecule has 2 atom stereocenters. The highest BCUT2D eigenvalue weighted by Crippen LogP contribution is 2.28. The number of pyridine rings is 1. The van der Waals surface area contributed by atoms with Gasteiger partial charge in [-0.25, -0.2) is 14.6 Å². The zero-order valence-electron chi connectivity index (χ0n) is 16.1. The van der Waals surface area contributed by atoms with Crippen LogP contribution in [0.25, 0.3) is 10.6 Å². The summed E-state index contributed by atoms with van der Waals surface area (Å²) in [5, 5.41) is 11.5. The van der Waals surface area contributed by atoms with Crippen molar-refractivity contribution in [1.29, 1.82) is 0 Å². The van der Waals surface area contributed by atoms with Gasteiger partial charge in [0.2, 0.25) is 5.88 Å². The smallest absolute Gasteiger partial charge is 0.411 e. The third-order valence-corrected chi connectivity index (χ3v) is 5.16. The Labute approximate surface area is 167 Å². The van der Waals surface area contributed by atoms with Crippen molar-refractivity contribution in [2.45, 2.75) is 38.8 Å². The van der Waals surface area contributed by atoms with Crippen molar-refractivity contribution < 1.29 is 24.2 Å². The van der Waals surface area contributed by atoms with Crippen LogP contribution >= 0.6 is 11.3 Å². The molecule has 0 aromatic carbocycles. The lowest BCUT2D eigenvalue weighted by atomic mass is 10.1. The first-order valence-corrected chi connectivity index (χ1v) is 9.97. The summed E-state index contributed by atoms with van der Waals surface area (Å²) in [6.07, 6.45) is -0.292. The van der Waals surface area contributed by atoms with E-state index in [9.17, 15) is 14.7 Å². The van der Waals surface area contributed by atoms with Crippen molar-refractivity contribution in [1.82, 2.24) is 9.88 Å². The number of thiophene rings is 1. The summed E-state index contributed by atoms with van der Waals surface area (Å²) in [4.78, 5) is 30.8. The molecule has 7 nitrogen and oxygen atoms in total. The minimum atomic E-state index is -1.04. The van der Waals surface area contributed by atoms with Crippen LogP contribution in [0.3, 0.4) is 0 Å². The van der Waals surface area contributed by atoms with Gasteiger partial charge in [-0.05, 0) is 44.7 Å². The number of amides is 1. The van der Waals surface area contributed by atoms with Crippen LogP contribution in [0.5, 0.6) is 5.88 Å². The topological polar surface area (TPSA) is 89.0 Å². The second-order valence-electron chi connectivity index (χ2n) is 7.74. The molecule has 0 aliphatic carbocycles. The number of likely N-dealkylation sites (tertiary alicyclic amines) is 1. The Balaban J connectivity index is 1.63. The van der Waals surface area contributed by atoms with Crippen molar-refractivity contribution in [2.24, 2.45) is 5.92 Å². The van der Waals surface area contributed by atoms with Gasteiger partial charge in [0.05, 0.1) is 17.2 Å². The third kappa shape index (κ3) is 5.01. The van der Waals surface area contributed by atoms with Crippen LogP contribution in [0.4, 0.5) is 4.79 Å². The number of hydrogen-bond donors (Lipinski definition) is 1. The summed E-state index contributed by atoms with van der Waals surface area (Å²) in [6.45, 7) is 5.82. The highest BCUT2D eigenvalue weighted by atomic mass is 32.1. The molecule has 1 aliphatic rings. The van der Waals surface area contributed by atoms with Gasteiger partial charge in [-0.1, -0.05) is 12.1 Å². The van der Waals surface area contributed by atoms with Crippen LogP contribution in [0.15, 0.2) is 35.7 Å². The summed E-state index contributed by atoms with van der Waals surface area (Å²) in [5.41, 5.74) is 0.152. The molecule has 1 amide bonds. The molecule has 3 rings (SSSR count). The molecular weight excluding hydrogens is 380 g/mol. The maximum atomic E-state index is 12.4. The number of carbonyl (C=O) groups excluding carboxylic acids is 1. The van der Waals surface area contributed by atoms with Gasteiger partial charge in [0.25, 0.3) is 0 Å². The number of ether oxygens (including phenoxy) is 2.